The average molecular weight is 390 g/mol. The number of hydrazone groups is 1. The minimum absolute atomic E-state index is 0.0573. The fourth-order valence-corrected chi connectivity index (χ4v) is 3.40. The molecule has 28 heavy (non-hydrogen) atoms. The largest absolute Gasteiger partial charge is 0.274 e. The normalized spacial score (nSPS) is 11.0. The Morgan fingerprint density at radius 3 is 2.61 bits per heavy atom. The van der Waals surface area contributed by atoms with Gasteiger partial charge in [-0.15, -0.1) is 11.3 Å². The minimum Gasteiger partial charge on any atom is -0.267 e. The van der Waals surface area contributed by atoms with Crippen LogP contribution in [0.3, 0.4) is 0 Å². The van der Waals surface area contributed by atoms with E-state index in [4.69, 9.17) is 0 Å². The topological polar surface area (TPSA) is 59.3 Å². The summed E-state index contributed by atoms with van der Waals surface area (Å²) >= 11 is 1.56. The lowest BCUT2D eigenvalue weighted by Gasteiger charge is -2.00. The fourth-order valence-electron chi connectivity index (χ4n) is 2.67. The number of amides is 1. The molecule has 0 radical (unpaired) electrons. The molecule has 0 aliphatic carbocycles. The Bertz CT molecular complexity index is 1120. The number of nitrogens with zero attached hydrogens (tertiary/aromatic N) is 3. The van der Waals surface area contributed by atoms with Crippen molar-refractivity contribution in [1.29, 1.82) is 0 Å². The Morgan fingerprint density at radius 1 is 1.07 bits per heavy atom. The van der Waals surface area contributed by atoms with Gasteiger partial charge >= 0.3 is 0 Å². The Balaban J connectivity index is 1.61. The van der Waals surface area contributed by atoms with Gasteiger partial charge in [0, 0.05) is 11.8 Å². The van der Waals surface area contributed by atoms with Gasteiger partial charge in [-0.05, 0) is 35.7 Å². The molecule has 0 aliphatic heterocycles. The van der Waals surface area contributed by atoms with Crippen LogP contribution in [0.5, 0.6) is 0 Å². The van der Waals surface area contributed by atoms with Crippen molar-refractivity contribution in [2.45, 2.75) is 0 Å². The molecule has 0 saturated heterocycles. The molecule has 2 aromatic carbocycles. The summed E-state index contributed by atoms with van der Waals surface area (Å²) in [5.74, 6) is -1.20. The summed E-state index contributed by atoms with van der Waals surface area (Å²) in [4.78, 5) is 13.1. The molecule has 5 nitrogen and oxygen atoms in total. The number of para-hydroxylation sites is 1. The zero-order chi connectivity index (χ0) is 19.3. The van der Waals surface area contributed by atoms with Gasteiger partial charge < -0.3 is 0 Å². The van der Waals surface area contributed by atoms with Gasteiger partial charge in [0.25, 0.3) is 5.91 Å². The third-order valence-electron chi connectivity index (χ3n) is 4.01. The minimum atomic E-state index is -0.609. The van der Waals surface area contributed by atoms with Gasteiger partial charge in [0.15, 0.2) is 0 Å². The first kappa shape index (κ1) is 17.8. The van der Waals surface area contributed by atoms with Crippen molar-refractivity contribution in [2.24, 2.45) is 5.10 Å². The third-order valence-corrected chi connectivity index (χ3v) is 4.88. The molecule has 4 rings (SSSR count). The first-order chi connectivity index (χ1) is 13.7. The Kier molecular flexibility index (Phi) is 5.07. The molecule has 138 valence electrons. The summed E-state index contributed by atoms with van der Waals surface area (Å²) in [7, 11) is 0. The van der Waals surface area contributed by atoms with Crippen LogP contribution >= 0.6 is 11.3 Å². The van der Waals surface area contributed by atoms with Crippen LogP contribution < -0.4 is 5.43 Å². The highest BCUT2D eigenvalue weighted by molar-refractivity contribution is 7.13. The predicted octanol–water partition coefficient (Wildman–Crippen LogP) is 4.50. The third kappa shape index (κ3) is 3.74. The molecular weight excluding hydrogens is 375 g/mol. The molecule has 0 atom stereocenters. The van der Waals surface area contributed by atoms with Gasteiger partial charge in [0.2, 0.25) is 0 Å². The molecular formula is C21H15FN4OS. The van der Waals surface area contributed by atoms with Crippen molar-refractivity contribution in [3.05, 3.63) is 95.3 Å². The SMILES string of the molecule is O=C(NN=Cc1cn(-c2ccccc2)nc1-c1cccs1)c1ccccc1F. The maximum Gasteiger partial charge on any atom is 0.274 e. The molecule has 2 aromatic heterocycles. The molecule has 2 heterocycles. The summed E-state index contributed by atoms with van der Waals surface area (Å²) in [6.07, 6.45) is 3.35. The fraction of sp³-hybridized carbons (Fsp3) is 0. The van der Waals surface area contributed by atoms with Gasteiger partial charge in [0.1, 0.15) is 11.5 Å². The van der Waals surface area contributed by atoms with Crippen LogP contribution in [0.25, 0.3) is 16.3 Å². The highest BCUT2D eigenvalue weighted by atomic mass is 32.1. The molecule has 0 saturated carbocycles. The van der Waals surface area contributed by atoms with Crippen LogP contribution in [0.4, 0.5) is 4.39 Å². The number of hydrogen-bond acceptors (Lipinski definition) is 4. The molecule has 7 heteroatoms. The average Bonchev–Trinajstić information content (AvgIpc) is 3.39. The van der Waals surface area contributed by atoms with E-state index in [1.807, 2.05) is 54.0 Å². The van der Waals surface area contributed by atoms with Gasteiger partial charge in [-0.2, -0.15) is 10.2 Å². The molecule has 0 bridgehead atoms. The number of hydrogen-bond donors (Lipinski definition) is 1. The van der Waals surface area contributed by atoms with E-state index >= 15 is 0 Å². The second-order valence-corrected chi connectivity index (χ2v) is 6.82. The highest BCUT2D eigenvalue weighted by Gasteiger charge is 2.13. The molecule has 0 aliphatic rings. The quantitative estimate of drug-likeness (QED) is 0.403. The van der Waals surface area contributed by atoms with Gasteiger partial charge in [-0.25, -0.2) is 14.5 Å². The van der Waals surface area contributed by atoms with Crippen molar-refractivity contribution in [3.8, 4) is 16.3 Å². The van der Waals surface area contributed by atoms with E-state index in [1.165, 1.54) is 24.4 Å². The van der Waals surface area contributed by atoms with Crippen LogP contribution in [-0.4, -0.2) is 21.9 Å². The van der Waals surface area contributed by atoms with Crippen molar-refractivity contribution in [1.82, 2.24) is 15.2 Å². The monoisotopic (exact) mass is 390 g/mol. The lowest BCUT2D eigenvalue weighted by atomic mass is 10.2. The number of nitrogens with one attached hydrogen (secondary N) is 1. The Hall–Kier alpha value is -3.58. The highest BCUT2D eigenvalue weighted by Crippen LogP contribution is 2.26. The van der Waals surface area contributed by atoms with Gasteiger partial charge in [-0.3, -0.25) is 4.79 Å². The molecule has 4 aromatic rings. The van der Waals surface area contributed by atoms with E-state index in [1.54, 1.807) is 22.1 Å². The van der Waals surface area contributed by atoms with Crippen molar-refractivity contribution in [2.75, 3.05) is 0 Å². The van der Waals surface area contributed by atoms with Crippen LogP contribution in [0.2, 0.25) is 0 Å². The van der Waals surface area contributed by atoms with E-state index < -0.39 is 11.7 Å². The number of thiophene rings is 1. The summed E-state index contributed by atoms with van der Waals surface area (Å²) in [5.41, 5.74) is 4.71. The molecule has 0 unspecified atom stereocenters. The van der Waals surface area contributed by atoms with E-state index in [9.17, 15) is 9.18 Å². The molecule has 1 amide bonds. The molecule has 0 fully saturated rings. The molecule has 1 N–H and O–H groups in total. The Labute approximate surface area is 164 Å². The van der Waals surface area contributed by atoms with Crippen molar-refractivity contribution < 1.29 is 9.18 Å². The van der Waals surface area contributed by atoms with E-state index in [2.05, 4.69) is 15.6 Å². The standard InChI is InChI=1S/C21H15FN4OS/c22-18-10-5-4-9-17(18)21(27)24-23-13-15-14-26(16-7-2-1-3-8-16)25-20(15)19-11-6-12-28-19/h1-14H,(H,24,27). The summed E-state index contributed by atoms with van der Waals surface area (Å²) in [5, 5.41) is 10.6. The first-order valence-electron chi connectivity index (χ1n) is 8.49. The maximum atomic E-state index is 13.7. The van der Waals surface area contributed by atoms with E-state index in [0.717, 1.165) is 21.8 Å². The van der Waals surface area contributed by atoms with E-state index in [0.29, 0.717) is 0 Å². The summed E-state index contributed by atoms with van der Waals surface area (Å²) in [6.45, 7) is 0. The van der Waals surface area contributed by atoms with Crippen LogP contribution in [0.1, 0.15) is 15.9 Å². The zero-order valence-corrected chi connectivity index (χ0v) is 15.4. The number of carbonyl (C=O) groups is 1. The van der Waals surface area contributed by atoms with Crippen molar-refractivity contribution >= 4 is 23.5 Å². The number of aromatic nitrogens is 2. The van der Waals surface area contributed by atoms with Gasteiger partial charge in [0.05, 0.1) is 22.3 Å². The number of carbonyl (C=O) groups excluding carboxylic acids is 1. The van der Waals surface area contributed by atoms with Gasteiger partial charge in [-0.1, -0.05) is 36.4 Å². The number of rotatable bonds is 5. The number of benzene rings is 2. The zero-order valence-electron chi connectivity index (χ0n) is 14.6. The second kappa shape index (κ2) is 7.98. The van der Waals surface area contributed by atoms with E-state index in [-0.39, 0.29) is 5.56 Å². The summed E-state index contributed by atoms with van der Waals surface area (Å²) < 4.78 is 15.5. The summed E-state index contributed by atoms with van der Waals surface area (Å²) in [6, 6.07) is 19.4. The first-order valence-corrected chi connectivity index (χ1v) is 9.37. The van der Waals surface area contributed by atoms with Crippen LogP contribution in [0.15, 0.2) is 83.4 Å². The lowest BCUT2D eigenvalue weighted by Crippen LogP contribution is -2.18. The van der Waals surface area contributed by atoms with Crippen LogP contribution in [0, 0.1) is 5.82 Å². The maximum absolute atomic E-state index is 13.7. The molecule has 0 spiro atoms. The van der Waals surface area contributed by atoms with Crippen LogP contribution in [-0.2, 0) is 0 Å². The smallest absolute Gasteiger partial charge is 0.267 e. The van der Waals surface area contributed by atoms with Crippen molar-refractivity contribution in [3.63, 3.8) is 0 Å². The lowest BCUT2D eigenvalue weighted by molar-refractivity contribution is 0.0951. The number of halogens is 1. The Morgan fingerprint density at radius 2 is 1.86 bits per heavy atom. The predicted molar refractivity (Wildman–Crippen MR) is 108 cm³/mol. The second-order valence-electron chi connectivity index (χ2n) is 5.87.